The Bertz CT molecular complexity index is 280. The molecule has 0 saturated heterocycles. The van der Waals surface area contributed by atoms with Crippen LogP contribution in [0.15, 0.2) is 40.8 Å². The first kappa shape index (κ1) is 9.36. The van der Waals surface area contributed by atoms with E-state index in [-0.39, 0.29) is 0 Å². The third kappa shape index (κ3) is 2.72. The van der Waals surface area contributed by atoms with Gasteiger partial charge >= 0.3 is 6.01 Å². The average molecular weight is 207 g/mol. The lowest BCUT2D eigenvalue weighted by Crippen LogP contribution is -1.88. The van der Waals surface area contributed by atoms with E-state index in [0.29, 0.717) is 5.75 Å². The van der Waals surface area contributed by atoms with E-state index < -0.39 is 10.5 Å². The Hall–Kier alpha value is -0.730. The van der Waals surface area contributed by atoms with Gasteiger partial charge in [0, 0.05) is 0 Å². The zero-order valence-corrected chi connectivity index (χ0v) is 7.44. The highest BCUT2D eigenvalue weighted by Crippen LogP contribution is 2.20. The number of benzene rings is 1. The van der Waals surface area contributed by atoms with Crippen molar-refractivity contribution in [2.45, 2.75) is 0 Å². The van der Waals surface area contributed by atoms with Gasteiger partial charge in [-0.25, -0.2) is 0 Å². The minimum atomic E-state index is -0.996. The van der Waals surface area contributed by atoms with Gasteiger partial charge in [0.1, 0.15) is 5.75 Å². The van der Waals surface area contributed by atoms with Gasteiger partial charge in [-0.1, -0.05) is 41.4 Å². The van der Waals surface area contributed by atoms with Gasteiger partial charge in [0.25, 0.3) is 0 Å². The molecule has 1 aromatic carbocycles. The van der Waals surface area contributed by atoms with Gasteiger partial charge in [0.15, 0.2) is 4.49 Å². The van der Waals surface area contributed by atoms with Crippen LogP contribution >= 0.6 is 23.2 Å². The van der Waals surface area contributed by atoms with Gasteiger partial charge in [-0.2, -0.15) is 4.39 Å². The third-order valence-corrected chi connectivity index (χ3v) is 1.40. The molecule has 4 heteroatoms. The Morgan fingerprint density at radius 2 is 1.75 bits per heavy atom. The summed E-state index contributed by atoms with van der Waals surface area (Å²) in [7, 11) is 0. The number of halogens is 3. The fourth-order valence-corrected chi connectivity index (χ4v) is 0.708. The topological polar surface area (TPSA) is 9.23 Å². The van der Waals surface area contributed by atoms with Crippen LogP contribution in [0.2, 0.25) is 0 Å². The van der Waals surface area contributed by atoms with Crippen molar-refractivity contribution in [2.24, 2.45) is 0 Å². The zero-order valence-electron chi connectivity index (χ0n) is 5.93. The molecule has 0 bridgehead atoms. The normalized spacial score (nSPS) is 9.25. The van der Waals surface area contributed by atoms with Crippen molar-refractivity contribution in [1.82, 2.24) is 0 Å². The lowest BCUT2D eigenvalue weighted by molar-refractivity contribution is 0.302. The Labute approximate surface area is 79.4 Å². The van der Waals surface area contributed by atoms with Crippen LogP contribution in [-0.2, 0) is 0 Å². The molecular formula is C8H5Cl2FO. The summed E-state index contributed by atoms with van der Waals surface area (Å²) in [5.74, 6) is 0.355. The molecule has 1 nitrogen and oxygen atoms in total. The Kier molecular flexibility index (Phi) is 3.38. The van der Waals surface area contributed by atoms with Gasteiger partial charge in [-0.3, -0.25) is 0 Å². The highest BCUT2D eigenvalue weighted by molar-refractivity contribution is 6.56. The predicted octanol–water partition coefficient (Wildman–Crippen LogP) is 3.64. The van der Waals surface area contributed by atoms with Crippen LogP contribution in [-0.4, -0.2) is 0 Å². The van der Waals surface area contributed by atoms with Crippen LogP contribution in [0.5, 0.6) is 5.75 Å². The van der Waals surface area contributed by atoms with E-state index >= 15 is 0 Å². The molecule has 0 spiro atoms. The Balaban J connectivity index is 2.72. The summed E-state index contributed by atoms with van der Waals surface area (Å²) in [6, 6.07) is 7.41. The summed E-state index contributed by atoms with van der Waals surface area (Å²) >= 11 is 10.2. The first-order valence-corrected chi connectivity index (χ1v) is 3.89. The van der Waals surface area contributed by atoms with Crippen LogP contribution in [0.3, 0.4) is 0 Å². The second-order valence-corrected chi connectivity index (χ2v) is 2.90. The molecule has 0 radical (unpaired) electrons. The number of rotatable bonds is 2. The standard InChI is InChI=1S/C8H5Cl2FO/c9-7(10)8(11)12-6-4-2-1-3-5-6/h1-5H. The third-order valence-electron chi connectivity index (χ3n) is 1.10. The molecule has 0 atom stereocenters. The van der Waals surface area contributed by atoms with Crippen molar-refractivity contribution in [1.29, 1.82) is 0 Å². The van der Waals surface area contributed by atoms with E-state index in [9.17, 15) is 4.39 Å². The van der Waals surface area contributed by atoms with Gasteiger partial charge < -0.3 is 4.74 Å². The predicted molar refractivity (Wildman–Crippen MR) is 46.9 cm³/mol. The number of ether oxygens (including phenoxy) is 1. The van der Waals surface area contributed by atoms with E-state index in [1.54, 1.807) is 30.3 Å². The molecule has 0 saturated carbocycles. The first-order chi connectivity index (χ1) is 5.70. The summed E-state index contributed by atoms with van der Waals surface area (Å²) in [4.78, 5) is 0. The van der Waals surface area contributed by atoms with E-state index in [0.717, 1.165) is 0 Å². The number of hydrogen-bond acceptors (Lipinski definition) is 1. The Morgan fingerprint density at radius 3 is 2.25 bits per heavy atom. The highest BCUT2D eigenvalue weighted by atomic mass is 35.5. The van der Waals surface area contributed by atoms with Crippen molar-refractivity contribution in [2.75, 3.05) is 0 Å². The summed E-state index contributed by atoms with van der Waals surface area (Å²) < 4.78 is 16.7. The van der Waals surface area contributed by atoms with Crippen molar-refractivity contribution >= 4 is 23.2 Å². The molecule has 64 valence electrons. The molecule has 12 heavy (non-hydrogen) atoms. The quantitative estimate of drug-likeness (QED) is 0.672. The van der Waals surface area contributed by atoms with Crippen LogP contribution in [0.25, 0.3) is 0 Å². The SMILES string of the molecule is FC(Oc1ccccc1)=C(Cl)Cl. The maximum atomic E-state index is 12.6. The maximum Gasteiger partial charge on any atom is 0.308 e. The lowest BCUT2D eigenvalue weighted by Gasteiger charge is -2.00. The fourth-order valence-electron chi connectivity index (χ4n) is 0.631. The molecule has 0 amide bonds. The lowest BCUT2D eigenvalue weighted by atomic mass is 10.3. The van der Waals surface area contributed by atoms with Gasteiger partial charge in [-0.15, -0.1) is 0 Å². The Morgan fingerprint density at radius 1 is 1.17 bits per heavy atom. The van der Waals surface area contributed by atoms with E-state index in [1.807, 2.05) is 0 Å². The fraction of sp³-hybridized carbons (Fsp3) is 0. The summed E-state index contributed by atoms with van der Waals surface area (Å²) in [6.07, 6.45) is 0. The maximum absolute atomic E-state index is 12.6. The molecule has 0 fully saturated rings. The number of para-hydroxylation sites is 1. The van der Waals surface area contributed by atoms with Crippen LogP contribution < -0.4 is 4.74 Å². The minimum absolute atomic E-state index is 0.355. The molecule has 0 unspecified atom stereocenters. The van der Waals surface area contributed by atoms with E-state index in [4.69, 9.17) is 23.2 Å². The van der Waals surface area contributed by atoms with Gasteiger partial charge in [0.2, 0.25) is 0 Å². The second-order valence-electron chi connectivity index (χ2n) is 1.95. The molecule has 0 aliphatic heterocycles. The minimum Gasteiger partial charge on any atom is -0.430 e. The molecule has 0 aliphatic rings. The summed E-state index contributed by atoms with van der Waals surface area (Å²) in [5, 5.41) is 0. The summed E-state index contributed by atoms with van der Waals surface area (Å²) in [5.41, 5.74) is 0. The van der Waals surface area contributed by atoms with Crippen molar-refractivity contribution in [3.05, 3.63) is 40.8 Å². The first-order valence-electron chi connectivity index (χ1n) is 3.14. The smallest absolute Gasteiger partial charge is 0.308 e. The van der Waals surface area contributed by atoms with Gasteiger partial charge in [-0.05, 0) is 12.1 Å². The average Bonchev–Trinajstić information content (AvgIpc) is 2.06. The largest absolute Gasteiger partial charge is 0.430 e. The van der Waals surface area contributed by atoms with Crippen molar-refractivity contribution < 1.29 is 9.13 Å². The molecule has 1 rings (SSSR count). The highest BCUT2D eigenvalue weighted by Gasteiger charge is 2.02. The zero-order chi connectivity index (χ0) is 8.97. The number of hydrogen-bond donors (Lipinski definition) is 0. The van der Waals surface area contributed by atoms with Crippen LogP contribution in [0.1, 0.15) is 0 Å². The molecule has 1 aromatic rings. The molecule has 0 N–H and O–H groups in total. The van der Waals surface area contributed by atoms with E-state index in [2.05, 4.69) is 4.74 Å². The summed E-state index contributed by atoms with van der Waals surface area (Å²) in [6.45, 7) is 0. The molecule has 0 heterocycles. The van der Waals surface area contributed by atoms with Gasteiger partial charge in [0.05, 0.1) is 0 Å². The molecule has 0 aliphatic carbocycles. The second kappa shape index (κ2) is 4.33. The monoisotopic (exact) mass is 206 g/mol. The van der Waals surface area contributed by atoms with E-state index in [1.165, 1.54) is 0 Å². The van der Waals surface area contributed by atoms with Crippen LogP contribution in [0.4, 0.5) is 4.39 Å². The van der Waals surface area contributed by atoms with Crippen molar-refractivity contribution in [3.8, 4) is 5.75 Å². The van der Waals surface area contributed by atoms with Crippen molar-refractivity contribution in [3.63, 3.8) is 0 Å². The molecular weight excluding hydrogens is 202 g/mol. The molecule has 0 aromatic heterocycles. The van der Waals surface area contributed by atoms with Crippen LogP contribution in [0, 0.1) is 0 Å².